The Labute approximate surface area is 482 Å². The van der Waals surface area contributed by atoms with Gasteiger partial charge in [0.1, 0.15) is 11.6 Å². The van der Waals surface area contributed by atoms with Crippen LogP contribution in [0.4, 0.5) is 11.6 Å². The molecule has 78 heavy (non-hydrogen) atoms. The average Bonchev–Trinajstić information content (AvgIpc) is 4.26. The fourth-order valence-electron chi connectivity index (χ4n) is 12.1. The number of rotatable bonds is 8. The standard InChI is InChI=1S/C26H33BClN3O3.C20H21BrClN3O.C12H24B2O4/c1-24(2)25(3,4)34-27(33-24)19-10-11-22(29-14-19)31-15-17-12-26(5,13-18(17)16-31)30-23(32)20-8-6-7-9-21(20)28;1-20(24-19(26)16-4-2-3-5-17(16)22)8-13-11-25(12-14(13)9-20)18-7-6-15(21)10-23-18;1-9(2)10(3,4)16-13(15-9)14-17-11(5,6)12(7,8)18-14/h6-11,14,17-18H,12-13,15-16H2,1-5H3,(H,30,32);2-7,10,13-14H,8-9,11-12H2,1H3,(H,24,26);1-8H3. The molecule has 2 amide bonds. The maximum Gasteiger partial charge on any atom is 0.496 e. The van der Waals surface area contributed by atoms with E-state index in [9.17, 15) is 9.59 Å². The molecule has 7 fully saturated rings. The monoisotopic (exact) mass is 1170 g/mol. The van der Waals surface area contributed by atoms with E-state index in [1.165, 1.54) is 0 Å². The van der Waals surface area contributed by atoms with Gasteiger partial charge < -0.3 is 48.4 Å². The third kappa shape index (κ3) is 12.2. The first-order valence-corrected chi connectivity index (χ1v) is 29.1. The summed E-state index contributed by atoms with van der Waals surface area (Å²) in [4.78, 5) is 39.4. The van der Waals surface area contributed by atoms with Crippen LogP contribution < -0.4 is 25.9 Å². The van der Waals surface area contributed by atoms with E-state index >= 15 is 0 Å². The quantitative estimate of drug-likeness (QED) is 0.162. The minimum Gasteiger partial charge on any atom is -0.405 e. The van der Waals surface area contributed by atoms with Gasteiger partial charge in [0.15, 0.2) is 0 Å². The highest BCUT2D eigenvalue weighted by Gasteiger charge is 2.64. The molecule has 4 unspecified atom stereocenters. The summed E-state index contributed by atoms with van der Waals surface area (Å²) in [5.41, 5.74) is -0.533. The number of carbonyl (C=O) groups excluding carboxylic acids is 2. The summed E-state index contributed by atoms with van der Waals surface area (Å²) in [6, 6.07) is 22.6. The van der Waals surface area contributed by atoms with Gasteiger partial charge >= 0.3 is 21.1 Å². The van der Waals surface area contributed by atoms with Crippen LogP contribution in [0, 0.1) is 23.7 Å². The van der Waals surface area contributed by atoms with E-state index in [1.807, 2.05) is 98.1 Å². The molecule has 20 heteroatoms. The second-order valence-electron chi connectivity index (χ2n) is 26.3. The van der Waals surface area contributed by atoms with Crippen LogP contribution in [0.1, 0.15) is 143 Å². The van der Waals surface area contributed by atoms with Crippen molar-refractivity contribution in [2.75, 3.05) is 36.0 Å². The lowest BCUT2D eigenvalue weighted by Gasteiger charge is -2.32. The van der Waals surface area contributed by atoms with E-state index in [-0.39, 0.29) is 56.5 Å². The van der Waals surface area contributed by atoms with E-state index in [4.69, 9.17) is 56.1 Å². The third-order valence-electron chi connectivity index (χ3n) is 18.5. The van der Waals surface area contributed by atoms with Gasteiger partial charge in [-0.1, -0.05) is 53.5 Å². The van der Waals surface area contributed by atoms with Crippen LogP contribution in [0.3, 0.4) is 0 Å². The van der Waals surface area contributed by atoms with Crippen molar-refractivity contribution in [2.24, 2.45) is 23.7 Å². The van der Waals surface area contributed by atoms with Gasteiger partial charge in [-0.3, -0.25) is 9.59 Å². The number of hydrogen-bond acceptors (Lipinski definition) is 12. The number of pyridine rings is 2. The number of nitrogens with zero attached hydrogens (tertiary/aromatic N) is 4. The van der Waals surface area contributed by atoms with Crippen molar-refractivity contribution in [3.05, 3.63) is 111 Å². The highest BCUT2D eigenvalue weighted by atomic mass is 79.9. The molecule has 2 N–H and O–H groups in total. The molecule has 0 bridgehead atoms. The Hall–Kier alpha value is -3.71. The summed E-state index contributed by atoms with van der Waals surface area (Å²) < 4.78 is 37.1. The van der Waals surface area contributed by atoms with Gasteiger partial charge in [0.25, 0.3) is 11.8 Å². The maximum atomic E-state index is 12.8. The first-order chi connectivity index (χ1) is 36.3. The zero-order chi connectivity index (χ0) is 56.6. The zero-order valence-electron chi connectivity index (χ0n) is 48.0. The topological polar surface area (TPSA) is 146 Å². The van der Waals surface area contributed by atoms with E-state index in [0.717, 1.165) is 73.4 Å². The largest absolute Gasteiger partial charge is 0.496 e. The Balaban J connectivity index is 0.000000149. The van der Waals surface area contributed by atoms with Crippen molar-refractivity contribution >= 4 is 89.2 Å². The minimum atomic E-state index is -0.476. The smallest absolute Gasteiger partial charge is 0.405 e. The minimum absolute atomic E-state index is 0.0792. The van der Waals surface area contributed by atoms with Gasteiger partial charge in [-0.15, -0.1) is 0 Å². The lowest BCUT2D eigenvalue weighted by Crippen LogP contribution is -2.45. The fraction of sp³-hybridized carbons (Fsp3) is 0.586. The Morgan fingerprint density at radius 3 is 1.15 bits per heavy atom. The van der Waals surface area contributed by atoms with Crippen molar-refractivity contribution in [3.63, 3.8) is 0 Å². The molecule has 5 saturated heterocycles. The summed E-state index contributed by atoms with van der Waals surface area (Å²) in [6.45, 7) is 32.6. The number of halogens is 3. The predicted molar refractivity (Wildman–Crippen MR) is 316 cm³/mol. The van der Waals surface area contributed by atoms with Crippen LogP contribution in [0.5, 0.6) is 0 Å². The number of hydrogen-bond donors (Lipinski definition) is 2. The molecule has 0 spiro atoms. The summed E-state index contributed by atoms with van der Waals surface area (Å²) in [5, 5.41) is 7.49. The van der Waals surface area contributed by atoms with Gasteiger partial charge in [-0.25, -0.2) is 9.97 Å². The normalized spacial score (nSPS) is 29.3. The van der Waals surface area contributed by atoms with Gasteiger partial charge in [-0.2, -0.15) is 0 Å². The maximum absolute atomic E-state index is 12.8. The molecule has 2 aromatic heterocycles. The van der Waals surface area contributed by atoms with E-state index in [1.54, 1.807) is 24.3 Å². The highest BCUT2D eigenvalue weighted by Crippen LogP contribution is 2.47. The lowest BCUT2D eigenvalue weighted by atomic mass is 9.49. The Morgan fingerprint density at radius 1 is 0.500 bits per heavy atom. The van der Waals surface area contributed by atoms with Gasteiger partial charge in [-0.05, 0) is 205 Å². The number of aromatic nitrogens is 2. The molecule has 7 aliphatic rings. The van der Waals surface area contributed by atoms with Gasteiger partial charge in [0.2, 0.25) is 0 Å². The molecule has 2 saturated carbocycles. The average molecular weight is 1170 g/mol. The molecule has 2 aliphatic carbocycles. The van der Waals surface area contributed by atoms with Gasteiger partial charge in [0.05, 0.1) is 54.8 Å². The number of benzene rings is 2. The summed E-state index contributed by atoms with van der Waals surface area (Å²) in [6.07, 6.45) is 7.60. The Bertz CT molecular complexity index is 2740. The van der Waals surface area contributed by atoms with Crippen LogP contribution in [0.15, 0.2) is 89.7 Å². The first kappa shape index (κ1) is 58.9. The number of fused-ring (bicyclic) bond motifs is 2. The van der Waals surface area contributed by atoms with Gasteiger partial charge in [0, 0.05) is 59.6 Å². The van der Waals surface area contributed by atoms with E-state index in [2.05, 4.69) is 101 Å². The van der Waals surface area contributed by atoms with E-state index < -0.39 is 21.1 Å². The number of anilines is 2. The summed E-state index contributed by atoms with van der Waals surface area (Å²) in [5.74, 6) is 4.06. The van der Waals surface area contributed by atoms with Crippen molar-refractivity contribution in [1.82, 2.24) is 20.6 Å². The van der Waals surface area contributed by atoms with E-state index in [0.29, 0.717) is 44.8 Å². The first-order valence-electron chi connectivity index (χ1n) is 27.6. The van der Waals surface area contributed by atoms with Crippen molar-refractivity contribution < 1.29 is 37.5 Å². The summed E-state index contributed by atoms with van der Waals surface area (Å²) in [7, 11) is -1.35. The number of carbonyl (C=O) groups is 2. The fourth-order valence-corrected chi connectivity index (χ4v) is 12.8. The zero-order valence-corrected chi connectivity index (χ0v) is 51.1. The third-order valence-corrected chi connectivity index (χ3v) is 19.6. The predicted octanol–water partition coefficient (Wildman–Crippen LogP) is 10.9. The molecule has 2 aromatic carbocycles. The molecule has 0 radical (unpaired) electrons. The molecule has 7 heterocycles. The van der Waals surface area contributed by atoms with Crippen LogP contribution in [-0.2, 0) is 27.9 Å². The molecule has 418 valence electrons. The van der Waals surface area contributed by atoms with Crippen molar-refractivity contribution in [1.29, 1.82) is 0 Å². The molecule has 4 aromatic rings. The number of amides is 2. The molecule has 5 aliphatic heterocycles. The van der Waals surface area contributed by atoms with Crippen LogP contribution >= 0.6 is 39.1 Å². The van der Waals surface area contributed by atoms with Crippen molar-refractivity contribution in [3.8, 4) is 0 Å². The van der Waals surface area contributed by atoms with Crippen LogP contribution in [0.2, 0.25) is 10.0 Å². The molecule has 4 atom stereocenters. The molecule has 14 nitrogen and oxygen atoms in total. The Kier molecular flexibility index (Phi) is 16.3. The Morgan fingerprint density at radius 2 is 0.833 bits per heavy atom. The van der Waals surface area contributed by atoms with Crippen molar-refractivity contribution in [2.45, 2.75) is 167 Å². The van der Waals surface area contributed by atoms with Crippen LogP contribution in [0.25, 0.3) is 0 Å². The molecule has 11 rings (SSSR count). The second kappa shape index (κ2) is 21.6. The summed E-state index contributed by atoms with van der Waals surface area (Å²) >= 11 is 15.8. The van der Waals surface area contributed by atoms with Crippen LogP contribution in [-0.4, -0.2) is 114 Å². The number of nitrogens with one attached hydrogen (secondary N) is 2. The molecular weight excluding hydrogens is 1090 g/mol. The molecular formula is C58H78B3BrCl2N6O8. The highest BCUT2D eigenvalue weighted by molar-refractivity contribution is 9.10. The SMILES string of the molecule is CC1(C)OB(B2OC(C)(C)C(C)(C)O2)OC1(C)C.CC1(NC(=O)c2ccccc2Cl)CC2CN(c3ccc(B4OC(C)(C)C(C)(C)O4)cn3)CC2C1.CC1(NC(=O)c2ccccc2Cl)CC2CN(c3ccc(Br)cn3)CC2C1. The lowest BCUT2D eigenvalue weighted by molar-refractivity contribution is 0.00578. The second-order valence-corrected chi connectivity index (χ2v) is 28.0.